The molecule has 22 heavy (non-hydrogen) atoms. The Balaban J connectivity index is 0.000000211. The number of nitrogens with one attached hydrogen (secondary N) is 1. The molecule has 2 aromatic rings. The summed E-state index contributed by atoms with van der Waals surface area (Å²) >= 11 is 0. The minimum Gasteiger partial charge on any atom is -0.508 e. The van der Waals surface area contributed by atoms with E-state index in [1.165, 1.54) is 5.56 Å². The molecule has 2 aromatic carbocycles. The normalized spacial score (nSPS) is 24.2. The number of rotatable bonds is 1. The molecule has 0 bridgehead atoms. The van der Waals surface area contributed by atoms with Gasteiger partial charge < -0.3 is 15.5 Å². The zero-order chi connectivity index (χ0) is 16.0. The third-order valence-corrected chi connectivity index (χ3v) is 4.62. The van der Waals surface area contributed by atoms with Gasteiger partial charge in [0.05, 0.1) is 0 Å². The molecule has 1 heterocycles. The molecule has 3 rings (SSSR count). The monoisotopic (exact) mass is 299 g/mol. The number of phenols is 2. The molecule has 1 fully saturated rings. The van der Waals surface area contributed by atoms with Crippen molar-refractivity contribution < 1.29 is 10.2 Å². The fourth-order valence-corrected chi connectivity index (χ4v) is 2.86. The standard InChI is InChI=1S/C13H19NO.C6H6O/c1-10-9-14-7-6-13(10,2)11-4-3-5-12(15)8-11;7-6-4-2-1-3-5-6/h3-5,8,10,14-15H,6-7,9H2,1-2H3;1-5,7H/t10-,13-;/m0./s1. The second kappa shape index (κ2) is 7.32. The van der Waals surface area contributed by atoms with Gasteiger partial charge in [0, 0.05) is 0 Å². The molecule has 1 aliphatic rings. The van der Waals surface area contributed by atoms with Gasteiger partial charge >= 0.3 is 0 Å². The highest BCUT2D eigenvalue weighted by Gasteiger charge is 2.35. The van der Waals surface area contributed by atoms with Gasteiger partial charge in [0.25, 0.3) is 0 Å². The van der Waals surface area contributed by atoms with Crippen LogP contribution < -0.4 is 5.32 Å². The van der Waals surface area contributed by atoms with Crippen LogP contribution in [0.15, 0.2) is 54.6 Å². The molecule has 0 amide bonds. The molecular formula is C19H25NO2. The maximum Gasteiger partial charge on any atom is 0.115 e. The molecule has 2 atom stereocenters. The van der Waals surface area contributed by atoms with E-state index in [1.807, 2.05) is 18.2 Å². The zero-order valence-corrected chi connectivity index (χ0v) is 13.3. The summed E-state index contributed by atoms with van der Waals surface area (Å²) in [5.41, 5.74) is 1.46. The summed E-state index contributed by atoms with van der Waals surface area (Å²) in [4.78, 5) is 0. The van der Waals surface area contributed by atoms with Crippen molar-refractivity contribution >= 4 is 0 Å². The van der Waals surface area contributed by atoms with Crippen molar-refractivity contribution in [1.82, 2.24) is 5.32 Å². The Morgan fingerprint density at radius 1 is 1.00 bits per heavy atom. The van der Waals surface area contributed by atoms with Gasteiger partial charge in [-0.1, -0.05) is 44.2 Å². The molecule has 0 aromatic heterocycles. The van der Waals surface area contributed by atoms with Gasteiger partial charge in [0.15, 0.2) is 0 Å². The summed E-state index contributed by atoms with van der Waals surface area (Å²) in [6.45, 7) is 6.70. The Morgan fingerprint density at radius 2 is 1.68 bits per heavy atom. The van der Waals surface area contributed by atoms with E-state index < -0.39 is 0 Å². The van der Waals surface area contributed by atoms with Crippen LogP contribution in [0.25, 0.3) is 0 Å². The van der Waals surface area contributed by atoms with Crippen LogP contribution in [0.4, 0.5) is 0 Å². The van der Waals surface area contributed by atoms with Crippen molar-refractivity contribution in [3.05, 3.63) is 60.2 Å². The van der Waals surface area contributed by atoms with Crippen LogP contribution in [0.5, 0.6) is 11.5 Å². The van der Waals surface area contributed by atoms with Crippen molar-refractivity contribution in [1.29, 1.82) is 0 Å². The summed E-state index contributed by atoms with van der Waals surface area (Å²) in [6.07, 6.45) is 1.14. The van der Waals surface area contributed by atoms with Crippen molar-refractivity contribution in [2.75, 3.05) is 13.1 Å². The van der Waals surface area contributed by atoms with Crippen LogP contribution in [-0.2, 0) is 5.41 Å². The first-order valence-corrected chi connectivity index (χ1v) is 7.76. The Kier molecular flexibility index (Phi) is 5.45. The number of benzene rings is 2. The lowest BCUT2D eigenvalue weighted by molar-refractivity contribution is 0.237. The summed E-state index contributed by atoms with van der Waals surface area (Å²) < 4.78 is 0. The smallest absolute Gasteiger partial charge is 0.115 e. The zero-order valence-electron chi connectivity index (χ0n) is 13.3. The fraction of sp³-hybridized carbons (Fsp3) is 0.368. The van der Waals surface area contributed by atoms with Crippen LogP contribution in [-0.4, -0.2) is 23.3 Å². The maximum absolute atomic E-state index is 9.53. The Hall–Kier alpha value is -2.00. The molecule has 0 radical (unpaired) electrons. The van der Waals surface area contributed by atoms with Crippen LogP contribution >= 0.6 is 0 Å². The van der Waals surface area contributed by atoms with Crippen molar-refractivity contribution in [2.24, 2.45) is 5.92 Å². The van der Waals surface area contributed by atoms with Gasteiger partial charge in [0.1, 0.15) is 11.5 Å². The second-order valence-electron chi connectivity index (χ2n) is 6.16. The largest absolute Gasteiger partial charge is 0.508 e. The average molecular weight is 299 g/mol. The first-order chi connectivity index (χ1) is 10.5. The lowest BCUT2D eigenvalue weighted by Crippen LogP contribution is -2.44. The second-order valence-corrected chi connectivity index (χ2v) is 6.16. The quantitative estimate of drug-likeness (QED) is 0.753. The van der Waals surface area contributed by atoms with E-state index in [4.69, 9.17) is 5.11 Å². The molecule has 1 saturated heterocycles. The van der Waals surface area contributed by atoms with Crippen LogP contribution in [0.1, 0.15) is 25.8 Å². The fourth-order valence-electron chi connectivity index (χ4n) is 2.86. The Morgan fingerprint density at radius 3 is 2.23 bits per heavy atom. The summed E-state index contributed by atoms with van der Waals surface area (Å²) in [7, 11) is 0. The molecule has 3 nitrogen and oxygen atoms in total. The molecule has 0 saturated carbocycles. The lowest BCUT2D eigenvalue weighted by atomic mass is 9.68. The number of aromatic hydroxyl groups is 2. The Bertz CT molecular complexity index is 585. The lowest BCUT2D eigenvalue weighted by Gasteiger charge is -2.40. The van der Waals surface area contributed by atoms with Crippen LogP contribution in [0.3, 0.4) is 0 Å². The SMILES string of the molecule is C[C@H]1CNCC[C@]1(C)c1cccc(O)c1.Oc1ccccc1. The van der Waals surface area contributed by atoms with E-state index in [2.05, 4.69) is 25.2 Å². The first kappa shape index (κ1) is 16.4. The highest BCUT2D eigenvalue weighted by Crippen LogP contribution is 2.38. The molecule has 3 N–H and O–H groups in total. The van der Waals surface area contributed by atoms with E-state index in [-0.39, 0.29) is 5.41 Å². The highest BCUT2D eigenvalue weighted by molar-refractivity contribution is 5.33. The molecular weight excluding hydrogens is 274 g/mol. The van der Waals surface area contributed by atoms with Crippen LogP contribution in [0.2, 0.25) is 0 Å². The van der Waals surface area contributed by atoms with E-state index >= 15 is 0 Å². The van der Waals surface area contributed by atoms with E-state index in [0.29, 0.717) is 17.4 Å². The number of hydrogen-bond donors (Lipinski definition) is 3. The van der Waals surface area contributed by atoms with Gasteiger partial charge in [-0.3, -0.25) is 0 Å². The van der Waals surface area contributed by atoms with E-state index in [9.17, 15) is 5.11 Å². The number of piperidine rings is 1. The van der Waals surface area contributed by atoms with Gasteiger partial charge in [-0.25, -0.2) is 0 Å². The number of hydrogen-bond acceptors (Lipinski definition) is 3. The Labute approximate surface area is 132 Å². The molecule has 1 aliphatic heterocycles. The molecule has 0 spiro atoms. The van der Waals surface area contributed by atoms with Gasteiger partial charge in [-0.2, -0.15) is 0 Å². The topological polar surface area (TPSA) is 52.5 Å². The van der Waals surface area contributed by atoms with E-state index in [0.717, 1.165) is 19.5 Å². The maximum atomic E-state index is 9.53. The third kappa shape index (κ3) is 4.01. The molecule has 0 aliphatic carbocycles. The number of para-hydroxylation sites is 1. The van der Waals surface area contributed by atoms with Crippen molar-refractivity contribution in [2.45, 2.75) is 25.7 Å². The summed E-state index contributed by atoms with van der Waals surface area (Å²) in [6, 6.07) is 16.4. The van der Waals surface area contributed by atoms with Gasteiger partial charge in [-0.15, -0.1) is 0 Å². The molecule has 118 valence electrons. The molecule has 3 heteroatoms. The van der Waals surface area contributed by atoms with Crippen LogP contribution in [0, 0.1) is 5.92 Å². The first-order valence-electron chi connectivity index (χ1n) is 7.76. The minimum atomic E-state index is 0.198. The third-order valence-electron chi connectivity index (χ3n) is 4.62. The van der Waals surface area contributed by atoms with Gasteiger partial charge in [0.2, 0.25) is 0 Å². The number of phenolic OH excluding ortho intramolecular Hbond substituents is 2. The average Bonchev–Trinajstić information content (AvgIpc) is 2.52. The minimum absolute atomic E-state index is 0.198. The van der Waals surface area contributed by atoms with Crippen molar-refractivity contribution in [3.8, 4) is 11.5 Å². The predicted octanol–water partition coefficient (Wildman–Crippen LogP) is 3.67. The van der Waals surface area contributed by atoms with Gasteiger partial charge in [-0.05, 0) is 60.7 Å². The molecule has 0 unspecified atom stereocenters. The highest BCUT2D eigenvalue weighted by atomic mass is 16.3. The summed E-state index contributed by atoms with van der Waals surface area (Å²) in [5.74, 6) is 1.30. The van der Waals surface area contributed by atoms with E-state index in [1.54, 1.807) is 30.3 Å². The van der Waals surface area contributed by atoms with Crippen molar-refractivity contribution in [3.63, 3.8) is 0 Å². The predicted molar refractivity (Wildman–Crippen MR) is 90.2 cm³/mol. The summed E-state index contributed by atoms with van der Waals surface area (Å²) in [5, 5.41) is 21.6.